The molecule has 110 valence electrons. The van der Waals surface area contributed by atoms with Crippen LogP contribution in [0.2, 0.25) is 0 Å². The lowest BCUT2D eigenvalue weighted by molar-refractivity contribution is 0.394. The average Bonchev–Trinajstić information content (AvgIpc) is 2.52. The molecule has 0 atom stereocenters. The van der Waals surface area contributed by atoms with E-state index in [4.69, 9.17) is 21.7 Å². The van der Waals surface area contributed by atoms with Crippen LogP contribution in [0.1, 0.15) is 16.7 Å². The van der Waals surface area contributed by atoms with E-state index in [1.54, 1.807) is 14.2 Å². The van der Waals surface area contributed by atoms with Crippen molar-refractivity contribution in [3.63, 3.8) is 0 Å². The maximum absolute atomic E-state index is 5.45. The molecule has 0 unspecified atom stereocenters. The molecule has 2 rings (SSSR count). The highest BCUT2D eigenvalue weighted by Crippen LogP contribution is 2.24. The lowest BCUT2D eigenvalue weighted by Crippen LogP contribution is -2.22. The first-order valence-electron chi connectivity index (χ1n) is 6.70. The Labute approximate surface area is 130 Å². The highest BCUT2D eigenvalue weighted by Gasteiger charge is 2.09. The van der Waals surface area contributed by atoms with E-state index in [1.807, 2.05) is 24.3 Å². The van der Waals surface area contributed by atoms with Gasteiger partial charge in [0.1, 0.15) is 16.5 Å². The van der Waals surface area contributed by atoms with Gasteiger partial charge in [0.15, 0.2) is 0 Å². The summed E-state index contributed by atoms with van der Waals surface area (Å²) >= 11 is 5.45. The summed E-state index contributed by atoms with van der Waals surface area (Å²) in [6.07, 6.45) is 0. The van der Waals surface area contributed by atoms with Crippen molar-refractivity contribution in [2.45, 2.75) is 13.5 Å². The van der Waals surface area contributed by atoms with Gasteiger partial charge in [0.2, 0.25) is 0 Å². The molecule has 0 aliphatic heterocycles. The molecule has 0 heterocycles. The molecule has 0 saturated heterocycles. The highest BCUT2D eigenvalue weighted by molar-refractivity contribution is 7.80. The molecular formula is C17H19NO2S. The number of methoxy groups -OCH3 is 2. The molecule has 0 bridgehead atoms. The second-order valence-electron chi connectivity index (χ2n) is 4.74. The molecule has 3 nitrogen and oxygen atoms in total. The molecule has 0 amide bonds. The number of hydrogen-bond donors (Lipinski definition) is 1. The van der Waals surface area contributed by atoms with Crippen LogP contribution < -0.4 is 14.8 Å². The van der Waals surface area contributed by atoms with Gasteiger partial charge in [-0.25, -0.2) is 0 Å². The molecule has 0 saturated carbocycles. The Morgan fingerprint density at radius 1 is 1.10 bits per heavy atom. The molecule has 2 aromatic rings. The van der Waals surface area contributed by atoms with Crippen molar-refractivity contribution < 1.29 is 9.47 Å². The van der Waals surface area contributed by atoms with Crippen LogP contribution in [-0.4, -0.2) is 19.2 Å². The Kier molecular flexibility index (Phi) is 5.17. The van der Waals surface area contributed by atoms with Gasteiger partial charge in [-0.1, -0.05) is 42.0 Å². The van der Waals surface area contributed by atoms with Crippen LogP contribution in [0, 0.1) is 6.92 Å². The van der Waals surface area contributed by atoms with Gasteiger partial charge in [0.05, 0.1) is 19.8 Å². The predicted molar refractivity (Wildman–Crippen MR) is 89.3 cm³/mol. The summed E-state index contributed by atoms with van der Waals surface area (Å²) in [5.74, 6) is 1.45. The van der Waals surface area contributed by atoms with Crippen LogP contribution >= 0.6 is 12.2 Å². The van der Waals surface area contributed by atoms with E-state index in [0.29, 0.717) is 17.3 Å². The van der Waals surface area contributed by atoms with Crippen LogP contribution in [-0.2, 0) is 6.54 Å². The molecule has 0 fully saturated rings. The van der Waals surface area contributed by atoms with E-state index in [2.05, 4.69) is 30.4 Å². The third-order valence-electron chi connectivity index (χ3n) is 3.19. The highest BCUT2D eigenvalue weighted by atomic mass is 32.1. The number of thiocarbonyl (C=S) groups is 1. The van der Waals surface area contributed by atoms with Crippen molar-refractivity contribution in [1.82, 2.24) is 5.32 Å². The van der Waals surface area contributed by atoms with Crippen LogP contribution in [0.15, 0.2) is 42.5 Å². The summed E-state index contributed by atoms with van der Waals surface area (Å²) in [6, 6.07) is 13.9. The van der Waals surface area contributed by atoms with Crippen LogP contribution in [0.3, 0.4) is 0 Å². The fourth-order valence-corrected chi connectivity index (χ4v) is 2.33. The second-order valence-corrected chi connectivity index (χ2v) is 5.15. The number of benzene rings is 2. The molecular weight excluding hydrogens is 282 g/mol. The minimum Gasteiger partial charge on any atom is -0.497 e. The maximum atomic E-state index is 5.45. The number of ether oxygens (including phenoxy) is 2. The predicted octanol–water partition coefficient (Wildman–Crippen LogP) is 3.48. The summed E-state index contributed by atoms with van der Waals surface area (Å²) < 4.78 is 10.6. The molecule has 1 N–H and O–H groups in total. The summed E-state index contributed by atoms with van der Waals surface area (Å²) in [6.45, 7) is 2.77. The normalized spacial score (nSPS) is 10.0. The minimum atomic E-state index is 0.663. The van der Waals surface area contributed by atoms with Gasteiger partial charge >= 0.3 is 0 Å². The number of nitrogens with one attached hydrogen (secondary N) is 1. The van der Waals surface area contributed by atoms with Crippen molar-refractivity contribution in [1.29, 1.82) is 0 Å². The van der Waals surface area contributed by atoms with Gasteiger partial charge in [0, 0.05) is 12.6 Å². The Morgan fingerprint density at radius 2 is 1.90 bits per heavy atom. The van der Waals surface area contributed by atoms with E-state index < -0.39 is 0 Å². The molecule has 0 aromatic heterocycles. The monoisotopic (exact) mass is 301 g/mol. The summed E-state index contributed by atoms with van der Waals surface area (Å²) in [5.41, 5.74) is 3.30. The van der Waals surface area contributed by atoms with Crippen molar-refractivity contribution in [3.05, 3.63) is 59.2 Å². The first-order valence-corrected chi connectivity index (χ1v) is 7.10. The van der Waals surface area contributed by atoms with E-state index in [1.165, 1.54) is 11.1 Å². The van der Waals surface area contributed by atoms with Crippen molar-refractivity contribution in [2.24, 2.45) is 0 Å². The van der Waals surface area contributed by atoms with E-state index in [9.17, 15) is 0 Å². The zero-order valence-corrected chi connectivity index (χ0v) is 13.3. The Bertz CT molecular complexity index is 640. The van der Waals surface area contributed by atoms with Gasteiger partial charge in [-0.05, 0) is 24.6 Å². The van der Waals surface area contributed by atoms with Crippen molar-refractivity contribution >= 4 is 17.2 Å². The van der Waals surface area contributed by atoms with E-state index >= 15 is 0 Å². The maximum Gasteiger partial charge on any atom is 0.132 e. The SMILES string of the molecule is COc1ccc(C(=S)NCc2cccc(C)c2)c(OC)c1. The van der Waals surface area contributed by atoms with Crippen LogP contribution in [0.25, 0.3) is 0 Å². The molecule has 0 spiro atoms. The Hall–Kier alpha value is -2.07. The minimum absolute atomic E-state index is 0.663. The molecule has 21 heavy (non-hydrogen) atoms. The molecule has 0 aliphatic carbocycles. The van der Waals surface area contributed by atoms with Gasteiger partial charge in [0.25, 0.3) is 0 Å². The smallest absolute Gasteiger partial charge is 0.132 e. The molecule has 2 aromatic carbocycles. The van der Waals surface area contributed by atoms with Crippen LogP contribution in [0.4, 0.5) is 0 Å². The average molecular weight is 301 g/mol. The third-order valence-corrected chi connectivity index (χ3v) is 3.55. The van der Waals surface area contributed by atoms with Gasteiger partial charge in [-0.3, -0.25) is 0 Å². The summed E-state index contributed by atoms with van der Waals surface area (Å²) in [5, 5.41) is 3.27. The van der Waals surface area contributed by atoms with Gasteiger partial charge in [-0.2, -0.15) is 0 Å². The Balaban J connectivity index is 2.10. The fraction of sp³-hybridized carbons (Fsp3) is 0.235. The largest absolute Gasteiger partial charge is 0.497 e. The Morgan fingerprint density at radius 3 is 2.57 bits per heavy atom. The fourth-order valence-electron chi connectivity index (χ4n) is 2.09. The van der Waals surface area contributed by atoms with Crippen LogP contribution in [0.5, 0.6) is 11.5 Å². The standard InChI is InChI=1S/C17H19NO2S/c1-12-5-4-6-13(9-12)11-18-17(21)15-8-7-14(19-2)10-16(15)20-3/h4-10H,11H2,1-3H3,(H,18,21). The first-order chi connectivity index (χ1) is 10.1. The molecule has 0 radical (unpaired) electrons. The topological polar surface area (TPSA) is 30.5 Å². The zero-order chi connectivity index (χ0) is 15.2. The zero-order valence-electron chi connectivity index (χ0n) is 12.5. The molecule has 4 heteroatoms. The first kappa shape index (κ1) is 15.3. The quantitative estimate of drug-likeness (QED) is 0.857. The lowest BCUT2D eigenvalue weighted by Gasteiger charge is -2.13. The van der Waals surface area contributed by atoms with E-state index in [-0.39, 0.29) is 0 Å². The second kappa shape index (κ2) is 7.09. The lowest BCUT2D eigenvalue weighted by atomic mass is 10.1. The van der Waals surface area contributed by atoms with Gasteiger partial charge < -0.3 is 14.8 Å². The summed E-state index contributed by atoms with van der Waals surface area (Å²) in [4.78, 5) is 0.663. The molecule has 0 aliphatic rings. The third kappa shape index (κ3) is 3.95. The van der Waals surface area contributed by atoms with E-state index in [0.717, 1.165) is 11.3 Å². The van der Waals surface area contributed by atoms with Gasteiger partial charge in [-0.15, -0.1) is 0 Å². The number of aryl methyl sites for hydroxylation is 1. The summed E-state index contributed by atoms with van der Waals surface area (Å²) in [7, 11) is 3.25. The number of rotatable bonds is 5. The number of hydrogen-bond acceptors (Lipinski definition) is 3. The van der Waals surface area contributed by atoms with Crippen molar-refractivity contribution in [2.75, 3.05) is 14.2 Å². The van der Waals surface area contributed by atoms with Crippen molar-refractivity contribution in [3.8, 4) is 11.5 Å².